The van der Waals surface area contributed by atoms with Gasteiger partial charge in [0.25, 0.3) is 0 Å². The van der Waals surface area contributed by atoms with E-state index in [1.165, 1.54) is 0 Å². The molecule has 1 aliphatic carbocycles. The predicted octanol–water partition coefficient (Wildman–Crippen LogP) is 5.38. The van der Waals surface area contributed by atoms with Crippen LogP contribution in [0.4, 0.5) is 4.79 Å². The third-order valence-corrected chi connectivity index (χ3v) is 5.65. The monoisotopic (exact) mass is 492 g/mol. The van der Waals surface area contributed by atoms with E-state index in [-0.39, 0.29) is 32.9 Å². The second-order valence-corrected chi connectivity index (χ2v) is 9.97. The van der Waals surface area contributed by atoms with Crippen LogP contribution >= 0.6 is 0 Å². The first kappa shape index (κ1) is 28.4. The van der Waals surface area contributed by atoms with Gasteiger partial charge in [-0.15, -0.1) is 0 Å². The Bertz CT molecular complexity index is 860. The normalized spacial score (nSPS) is 20.7. The Morgan fingerprint density at radius 1 is 0.943 bits per heavy atom. The van der Waals surface area contributed by atoms with Crippen molar-refractivity contribution in [2.45, 2.75) is 46.1 Å². The molecule has 0 spiro atoms. The smallest absolute Gasteiger partial charge is 0.407 e. The Morgan fingerprint density at radius 2 is 1.49 bits per heavy atom. The number of alkyl carbamates (subject to hydrolysis) is 1. The third kappa shape index (κ3) is 11.9. The Balaban J connectivity index is 0.000000845. The summed E-state index contributed by atoms with van der Waals surface area (Å²) in [6, 6.07) is 19.0. The van der Waals surface area contributed by atoms with Crippen LogP contribution < -0.4 is 20.5 Å². The highest BCUT2D eigenvalue weighted by Gasteiger charge is 2.40. The minimum Gasteiger partial charge on any atom is -0.491 e. The Labute approximate surface area is 211 Å². The minimum absolute atomic E-state index is 0. The Kier molecular flexibility index (Phi) is 11.8. The molecule has 35 heavy (non-hydrogen) atoms. The number of amides is 1. The van der Waals surface area contributed by atoms with E-state index in [1.54, 1.807) is 0 Å². The molecular formula is C27H44N2O6. The molecule has 3 rings (SSSR count). The summed E-state index contributed by atoms with van der Waals surface area (Å²) >= 11 is 0. The zero-order valence-corrected chi connectivity index (χ0v) is 21.1. The van der Waals surface area contributed by atoms with Gasteiger partial charge in [-0.1, -0.05) is 57.2 Å². The molecular weight excluding hydrogens is 448 g/mol. The molecule has 8 nitrogen and oxygen atoms in total. The maximum Gasteiger partial charge on any atom is 0.407 e. The molecule has 0 saturated heterocycles. The van der Waals surface area contributed by atoms with Crippen molar-refractivity contribution in [3.63, 3.8) is 0 Å². The number of carbonyl (C=O) groups is 1. The number of benzene rings is 2. The Morgan fingerprint density at radius 3 is 2.00 bits per heavy atom. The van der Waals surface area contributed by atoms with Crippen LogP contribution in [0, 0.1) is 10.8 Å². The fraction of sp³-hybridized carbons (Fsp3) is 0.519. The summed E-state index contributed by atoms with van der Waals surface area (Å²) in [6.07, 6.45) is 2.60. The highest BCUT2D eigenvalue weighted by molar-refractivity contribution is 5.67. The molecule has 0 radical (unpaired) electrons. The van der Waals surface area contributed by atoms with Gasteiger partial charge < -0.3 is 25.3 Å². The van der Waals surface area contributed by atoms with Crippen LogP contribution in [0.2, 0.25) is 0 Å². The second-order valence-electron chi connectivity index (χ2n) is 9.97. The Hall–Kier alpha value is -2.81. The zero-order chi connectivity index (χ0) is 25.6. The van der Waals surface area contributed by atoms with Crippen LogP contribution in [0.1, 0.15) is 42.9 Å². The number of nitrogens with one attached hydrogen (secondary N) is 1. The summed E-state index contributed by atoms with van der Waals surface area (Å²) in [7, 11) is 0. The van der Waals surface area contributed by atoms with E-state index < -0.39 is 6.09 Å². The predicted molar refractivity (Wildman–Crippen MR) is 140 cm³/mol. The van der Waals surface area contributed by atoms with Crippen molar-refractivity contribution >= 4 is 6.09 Å². The quantitative estimate of drug-likeness (QED) is 0.232. The number of hydrogen-bond donors (Lipinski definition) is 3. The summed E-state index contributed by atoms with van der Waals surface area (Å²) in [6.45, 7) is 8.37. The molecule has 0 heterocycles. The first-order valence-electron chi connectivity index (χ1n) is 12.0. The number of nitrogens with two attached hydrogens (primary N) is 1. The summed E-state index contributed by atoms with van der Waals surface area (Å²) in [5.74, 6) is 1.55. The van der Waals surface area contributed by atoms with Gasteiger partial charge in [-0.05, 0) is 54.4 Å². The van der Waals surface area contributed by atoms with E-state index in [2.05, 4.69) is 31.0 Å². The van der Waals surface area contributed by atoms with Crippen LogP contribution in [0.5, 0.6) is 11.5 Å². The van der Waals surface area contributed by atoms with Crippen LogP contribution in [0.15, 0.2) is 60.7 Å². The summed E-state index contributed by atoms with van der Waals surface area (Å²) in [5.41, 5.74) is 6.41. The van der Waals surface area contributed by atoms with Gasteiger partial charge in [0.2, 0.25) is 0 Å². The fourth-order valence-electron chi connectivity index (χ4n) is 4.71. The molecule has 1 amide bonds. The molecule has 2 unspecified atom stereocenters. The van der Waals surface area contributed by atoms with Crippen molar-refractivity contribution in [3.8, 4) is 11.5 Å². The van der Waals surface area contributed by atoms with E-state index in [1.807, 2.05) is 60.7 Å². The van der Waals surface area contributed by atoms with Crippen LogP contribution in [-0.4, -0.2) is 50.4 Å². The molecule has 0 bridgehead atoms. The van der Waals surface area contributed by atoms with Gasteiger partial charge in [0.1, 0.15) is 37.9 Å². The standard InChI is InChI=1S/C19H30N2O3.C8H10O3.2H2/c1-18(2)11-15(20)12-19(3,13-18)14-21-17(22)24-10-9-23-16-7-5-4-6-8-16;9-11-7-6-10-8-4-2-1-3-5-8;;/h4-8,15H,9-14,20H2,1-3H3,(H,21,22);1-5,9H,6-7H2;2*1H. The second kappa shape index (κ2) is 14.6. The highest BCUT2D eigenvalue weighted by Crippen LogP contribution is 2.45. The molecule has 0 aromatic heterocycles. The van der Waals surface area contributed by atoms with Crippen molar-refractivity contribution in [1.82, 2.24) is 5.32 Å². The van der Waals surface area contributed by atoms with E-state index in [0.29, 0.717) is 19.8 Å². The fourth-order valence-corrected chi connectivity index (χ4v) is 4.71. The van der Waals surface area contributed by atoms with Gasteiger partial charge in [-0.3, -0.25) is 5.26 Å². The molecule has 4 N–H and O–H groups in total. The largest absolute Gasteiger partial charge is 0.491 e. The number of ether oxygens (including phenoxy) is 3. The third-order valence-electron chi connectivity index (χ3n) is 5.65. The molecule has 1 fully saturated rings. The maximum absolute atomic E-state index is 11.9. The summed E-state index contributed by atoms with van der Waals surface area (Å²) < 4.78 is 15.8. The van der Waals surface area contributed by atoms with Gasteiger partial charge in [0, 0.05) is 15.4 Å². The maximum atomic E-state index is 11.9. The van der Waals surface area contributed by atoms with E-state index in [4.69, 9.17) is 25.2 Å². The SMILES string of the molecule is CC1(C)CC(N)CC(C)(CNC(=O)OCCOc2ccccc2)C1.OOCCOc1ccccc1.[HH].[HH]. The van der Waals surface area contributed by atoms with Gasteiger partial charge in [0.15, 0.2) is 0 Å². The zero-order valence-electron chi connectivity index (χ0n) is 21.1. The molecule has 2 atom stereocenters. The molecule has 198 valence electrons. The lowest BCUT2D eigenvalue weighted by Crippen LogP contribution is -2.47. The number of hydrogen-bond acceptors (Lipinski definition) is 7. The highest BCUT2D eigenvalue weighted by atomic mass is 17.1. The van der Waals surface area contributed by atoms with E-state index in [0.717, 1.165) is 30.8 Å². The van der Waals surface area contributed by atoms with E-state index in [9.17, 15) is 4.79 Å². The molecule has 0 aliphatic heterocycles. The average Bonchev–Trinajstić information content (AvgIpc) is 2.81. The summed E-state index contributed by atoms with van der Waals surface area (Å²) in [5, 5.41) is 10.8. The average molecular weight is 493 g/mol. The van der Waals surface area contributed by atoms with Crippen LogP contribution in [-0.2, 0) is 9.62 Å². The number of rotatable bonds is 10. The van der Waals surface area contributed by atoms with Crippen LogP contribution in [0.25, 0.3) is 0 Å². The molecule has 1 saturated carbocycles. The van der Waals surface area contributed by atoms with Crippen molar-refractivity contribution in [3.05, 3.63) is 60.7 Å². The topological polar surface area (TPSA) is 112 Å². The van der Waals surface area contributed by atoms with E-state index >= 15 is 0 Å². The lowest BCUT2D eigenvalue weighted by atomic mass is 9.63. The van der Waals surface area contributed by atoms with Gasteiger partial charge in [-0.2, -0.15) is 0 Å². The molecule has 1 aliphatic rings. The van der Waals surface area contributed by atoms with Gasteiger partial charge >= 0.3 is 6.09 Å². The first-order valence-corrected chi connectivity index (χ1v) is 12.0. The van der Waals surface area contributed by atoms with Crippen LogP contribution in [0.3, 0.4) is 0 Å². The van der Waals surface area contributed by atoms with Gasteiger partial charge in [-0.25, -0.2) is 9.68 Å². The van der Waals surface area contributed by atoms with Crippen molar-refractivity contribution < 1.29 is 32.0 Å². The number of carbonyl (C=O) groups excluding carboxylic acids is 1. The lowest BCUT2D eigenvalue weighted by Gasteiger charge is -2.45. The number of para-hydroxylation sites is 2. The van der Waals surface area contributed by atoms with Crippen molar-refractivity contribution in [1.29, 1.82) is 0 Å². The van der Waals surface area contributed by atoms with Crippen molar-refractivity contribution in [2.24, 2.45) is 16.6 Å². The molecule has 2 aromatic rings. The molecule has 8 heteroatoms. The lowest BCUT2D eigenvalue weighted by molar-refractivity contribution is -0.245. The molecule has 2 aromatic carbocycles. The first-order chi connectivity index (χ1) is 16.7. The summed E-state index contributed by atoms with van der Waals surface area (Å²) in [4.78, 5) is 15.7. The minimum atomic E-state index is -0.398. The van der Waals surface area contributed by atoms with Gasteiger partial charge in [0.05, 0.1) is 0 Å². The van der Waals surface area contributed by atoms with Crippen molar-refractivity contribution in [2.75, 3.05) is 33.0 Å².